The Morgan fingerprint density at radius 1 is 1.32 bits per heavy atom. The molecule has 0 bridgehead atoms. The minimum absolute atomic E-state index is 0.0175. The third-order valence-corrected chi connectivity index (χ3v) is 5.81. The summed E-state index contributed by atoms with van der Waals surface area (Å²) in [5, 5.41) is 0.653. The van der Waals surface area contributed by atoms with Gasteiger partial charge in [0, 0.05) is 30.1 Å². The highest BCUT2D eigenvalue weighted by atomic mass is 32.2. The van der Waals surface area contributed by atoms with E-state index in [-0.39, 0.29) is 29.0 Å². The number of hydrogen-bond acceptors (Lipinski definition) is 4. The van der Waals surface area contributed by atoms with Crippen LogP contribution in [0.3, 0.4) is 0 Å². The number of para-hydroxylation sites is 1. The first-order valence-electron chi connectivity index (χ1n) is 6.97. The van der Waals surface area contributed by atoms with Crippen molar-refractivity contribution in [2.24, 2.45) is 0 Å². The summed E-state index contributed by atoms with van der Waals surface area (Å²) in [5.74, 6) is -0.244. The number of rotatable bonds is 2. The minimum Gasteiger partial charge on any atom is -0.338 e. The van der Waals surface area contributed by atoms with Gasteiger partial charge in [-0.1, -0.05) is 18.2 Å². The molecule has 0 saturated carbocycles. The SMILES string of the molecule is CN(C(=O)c1cc(=O)[nH]c2ccccc12)[C@H]1CCS(=O)(=O)C1. The van der Waals surface area contributed by atoms with Gasteiger partial charge in [0.15, 0.2) is 9.84 Å². The van der Waals surface area contributed by atoms with Crippen LogP contribution in [0.5, 0.6) is 0 Å². The molecule has 1 N–H and O–H groups in total. The number of pyridine rings is 1. The van der Waals surface area contributed by atoms with Crippen LogP contribution in [-0.4, -0.2) is 48.8 Å². The monoisotopic (exact) mass is 320 g/mol. The van der Waals surface area contributed by atoms with Crippen LogP contribution in [0.1, 0.15) is 16.8 Å². The lowest BCUT2D eigenvalue weighted by Gasteiger charge is -2.23. The predicted octanol–water partition coefficient (Wildman–Crippen LogP) is 0.787. The number of benzene rings is 1. The van der Waals surface area contributed by atoms with Crippen molar-refractivity contribution in [1.82, 2.24) is 9.88 Å². The molecule has 1 aromatic carbocycles. The van der Waals surface area contributed by atoms with Crippen molar-refractivity contribution in [2.75, 3.05) is 18.6 Å². The van der Waals surface area contributed by atoms with E-state index in [0.717, 1.165) is 0 Å². The van der Waals surface area contributed by atoms with Crippen LogP contribution in [0.4, 0.5) is 0 Å². The van der Waals surface area contributed by atoms with Crippen LogP contribution in [0, 0.1) is 0 Å². The first-order chi connectivity index (χ1) is 10.4. The Kier molecular flexibility index (Phi) is 3.52. The Balaban J connectivity index is 2.00. The van der Waals surface area contributed by atoms with Crippen LogP contribution in [0.2, 0.25) is 0 Å². The number of nitrogens with zero attached hydrogens (tertiary/aromatic N) is 1. The fraction of sp³-hybridized carbons (Fsp3) is 0.333. The van der Waals surface area contributed by atoms with Crippen LogP contribution in [0.15, 0.2) is 35.1 Å². The van der Waals surface area contributed by atoms with Crippen molar-refractivity contribution in [3.8, 4) is 0 Å². The van der Waals surface area contributed by atoms with Gasteiger partial charge in [0.05, 0.1) is 17.1 Å². The fourth-order valence-electron chi connectivity index (χ4n) is 2.82. The van der Waals surface area contributed by atoms with Gasteiger partial charge in [0.1, 0.15) is 0 Å². The second kappa shape index (κ2) is 5.24. The van der Waals surface area contributed by atoms with E-state index in [1.54, 1.807) is 31.3 Å². The maximum absolute atomic E-state index is 12.7. The molecule has 7 heteroatoms. The molecule has 116 valence electrons. The first-order valence-corrected chi connectivity index (χ1v) is 8.79. The maximum atomic E-state index is 12.7. The van der Waals surface area contributed by atoms with Gasteiger partial charge in [-0.3, -0.25) is 9.59 Å². The lowest BCUT2D eigenvalue weighted by Crippen LogP contribution is -2.38. The van der Waals surface area contributed by atoms with Crippen molar-refractivity contribution in [2.45, 2.75) is 12.5 Å². The molecular formula is C15H16N2O4S. The molecule has 1 aliphatic heterocycles. The molecule has 6 nitrogen and oxygen atoms in total. The summed E-state index contributed by atoms with van der Waals surface area (Å²) in [6, 6.07) is 7.99. The number of hydrogen-bond donors (Lipinski definition) is 1. The zero-order valence-electron chi connectivity index (χ0n) is 12.1. The van der Waals surface area contributed by atoms with Gasteiger partial charge in [-0.25, -0.2) is 8.42 Å². The molecule has 1 aliphatic rings. The second-order valence-corrected chi connectivity index (χ2v) is 7.79. The van der Waals surface area contributed by atoms with E-state index in [2.05, 4.69) is 4.98 Å². The molecule has 0 unspecified atom stereocenters. The highest BCUT2D eigenvalue weighted by molar-refractivity contribution is 7.91. The number of H-pyrrole nitrogens is 1. The van der Waals surface area contributed by atoms with Crippen LogP contribution in [0.25, 0.3) is 10.9 Å². The molecule has 1 saturated heterocycles. The smallest absolute Gasteiger partial charge is 0.254 e. The van der Waals surface area contributed by atoms with Gasteiger partial charge < -0.3 is 9.88 Å². The fourth-order valence-corrected chi connectivity index (χ4v) is 4.59. The number of aromatic nitrogens is 1. The summed E-state index contributed by atoms with van der Waals surface area (Å²) in [6.45, 7) is 0. The molecule has 0 spiro atoms. The van der Waals surface area contributed by atoms with Crippen molar-refractivity contribution in [3.63, 3.8) is 0 Å². The van der Waals surface area contributed by atoms with E-state index < -0.39 is 9.84 Å². The number of aromatic amines is 1. The maximum Gasteiger partial charge on any atom is 0.254 e. The number of carbonyl (C=O) groups is 1. The van der Waals surface area contributed by atoms with Gasteiger partial charge in [-0.05, 0) is 12.5 Å². The molecule has 1 fully saturated rings. The Labute approximate surface area is 127 Å². The first kappa shape index (κ1) is 14.8. The Hall–Kier alpha value is -2.15. The van der Waals surface area contributed by atoms with Crippen molar-refractivity contribution < 1.29 is 13.2 Å². The van der Waals surface area contributed by atoms with Gasteiger partial charge in [0.2, 0.25) is 5.56 Å². The largest absolute Gasteiger partial charge is 0.338 e. The van der Waals surface area contributed by atoms with E-state index >= 15 is 0 Å². The molecule has 2 aromatic rings. The number of sulfone groups is 1. The lowest BCUT2D eigenvalue weighted by atomic mass is 10.1. The standard InChI is InChI=1S/C15H16N2O4S/c1-17(10-6-7-22(20,21)9-10)15(19)12-8-14(18)16-13-5-3-2-4-11(12)13/h2-5,8,10H,6-7,9H2,1H3,(H,16,18)/t10-/m0/s1. The van der Waals surface area contributed by atoms with E-state index in [1.165, 1.54) is 11.0 Å². The zero-order valence-corrected chi connectivity index (χ0v) is 12.9. The Morgan fingerprint density at radius 2 is 2.05 bits per heavy atom. The van der Waals surface area contributed by atoms with Crippen molar-refractivity contribution in [1.29, 1.82) is 0 Å². The average molecular weight is 320 g/mol. The molecule has 0 aliphatic carbocycles. The minimum atomic E-state index is -3.07. The van der Waals surface area contributed by atoms with Crippen LogP contribution in [-0.2, 0) is 9.84 Å². The van der Waals surface area contributed by atoms with Crippen LogP contribution >= 0.6 is 0 Å². The Morgan fingerprint density at radius 3 is 2.73 bits per heavy atom. The highest BCUT2D eigenvalue weighted by Crippen LogP contribution is 2.21. The van der Waals surface area contributed by atoms with Gasteiger partial charge in [-0.2, -0.15) is 0 Å². The quantitative estimate of drug-likeness (QED) is 0.886. The second-order valence-electron chi connectivity index (χ2n) is 5.57. The molecule has 1 amide bonds. The molecule has 1 atom stereocenters. The van der Waals surface area contributed by atoms with Crippen molar-refractivity contribution in [3.05, 3.63) is 46.2 Å². The molecule has 3 rings (SSSR count). The van der Waals surface area contributed by atoms with E-state index in [0.29, 0.717) is 22.9 Å². The lowest BCUT2D eigenvalue weighted by molar-refractivity contribution is 0.0749. The molecule has 22 heavy (non-hydrogen) atoms. The summed E-state index contributed by atoms with van der Waals surface area (Å²) in [4.78, 5) is 28.5. The molecule has 0 radical (unpaired) electrons. The van der Waals surface area contributed by atoms with Crippen molar-refractivity contribution >= 4 is 26.6 Å². The summed E-state index contributed by atoms with van der Waals surface area (Å²) in [5.41, 5.74) is 0.534. The summed E-state index contributed by atoms with van der Waals surface area (Å²) < 4.78 is 23.2. The third kappa shape index (κ3) is 2.64. The van der Waals surface area contributed by atoms with E-state index in [1.807, 2.05) is 0 Å². The number of nitrogens with one attached hydrogen (secondary N) is 1. The molecular weight excluding hydrogens is 304 g/mol. The topological polar surface area (TPSA) is 87.3 Å². The van der Waals surface area contributed by atoms with E-state index in [4.69, 9.17) is 0 Å². The number of carbonyl (C=O) groups excluding carboxylic acids is 1. The van der Waals surface area contributed by atoms with Gasteiger partial charge >= 0.3 is 0 Å². The molecule has 1 aromatic heterocycles. The highest BCUT2D eigenvalue weighted by Gasteiger charge is 2.33. The van der Waals surface area contributed by atoms with Gasteiger partial charge in [-0.15, -0.1) is 0 Å². The normalized spacial score (nSPS) is 20.1. The van der Waals surface area contributed by atoms with E-state index in [9.17, 15) is 18.0 Å². The summed E-state index contributed by atoms with van der Waals surface area (Å²) in [6.07, 6.45) is 0.436. The zero-order chi connectivity index (χ0) is 15.9. The number of amides is 1. The summed E-state index contributed by atoms with van der Waals surface area (Å²) >= 11 is 0. The predicted molar refractivity (Wildman–Crippen MR) is 83.7 cm³/mol. The Bertz CT molecular complexity index is 901. The third-order valence-electron chi connectivity index (χ3n) is 4.06. The van der Waals surface area contributed by atoms with Gasteiger partial charge in [0.25, 0.3) is 5.91 Å². The van der Waals surface area contributed by atoms with Crippen LogP contribution < -0.4 is 5.56 Å². The summed E-state index contributed by atoms with van der Waals surface area (Å²) in [7, 11) is -1.48. The number of fused-ring (bicyclic) bond motifs is 1. The molecule has 2 heterocycles. The average Bonchev–Trinajstić information content (AvgIpc) is 2.85.